The maximum absolute atomic E-state index is 12.3. The number of hydrazine groups is 1. The van der Waals surface area contributed by atoms with E-state index in [0.717, 1.165) is 6.42 Å². The van der Waals surface area contributed by atoms with Crippen LogP contribution in [-0.2, 0) is 21.1 Å². The minimum atomic E-state index is -3.19. The van der Waals surface area contributed by atoms with Crippen LogP contribution in [0.1, 0.15) is 31.0 Å². The minimum Gasteiger partial charge on any atom is -0.383 e. The molecule has 9 heteroatoms. The highest BCUT2D eigenvalue weighted by Gasteiger charge is 2.38. The van der Waals surface area contributed by atoms with Crippen LogP contribution in [0.2, 0.25) is 5.02 Å². The third-order valence-corrected chi connectivity index (χ3v) is 6.39. The van der Waals surface area contributed by atoms with Gasteiger partial charge in [0, 0.05) is 7.11 Å². The van der Waals surface area contributed by atoms with E-state index in [0.29, 0.717) is 36.7 Å². The first-order valence-corrected chi connectivity index (χ1v) is 8.98. The van der Waals surface area contributed by atoms with E-state index in [1.54, 1.807) is 11.8 Å². The average Bonchev–Trinajstić information content (AvgIpc) is 2.80. The van der Waals surface area contributed by atoms with E-state index in [2.05, 4.69) is 10.5 Å². The van der Waals surface area contributed by atoms with Gasteiger partial charge in [0.25, 0.3) is 0 Å². The summed E-state index contributed by atoms with van der Waals surface area (Å²) in [6, 6.07) is -0.567. The van der Waals surface area contributed by atoms with Gasteiger partial charge in [0.2, 0.25) is 0 Å². The topological polar surface area (TPSA) is 99.2 Å². The van der Waals surface area contributed by atoms with E-state index >= 15 is 0 Å². The molecule has 1 aromatic heterocycles. The van der Waals surface area contributed by atoms with E-state index in [-0.39, 0.29) is 5.75 Å². The number of sulfone groups is 1. The van der Waals surface area contributed by atoms with Gasteiger partial charge in [-0.2, -0.15) is 5.10 Å². The van der Waals surface area contributed by atoms with Crippen LogP contribution in [-0.4, -0.2) is 42.9 Å². The van der Waals surface area contributed by atoms with Crippen molar-refractivity contribution in [3.05, 3.63) is 16.9 Å². The maximum Gasteiger partial charge on any atom is 0.155 e. The molecule has 2 rings (SSSR count). The number of methoxy groups -OCH3 is 1. The van der Waals surface area contributed by atoms with Crippen LogP contribution in [0.5, 0.6) is 0 Å². The molecule has 7 nitrogen and oxygen atoms in total. The summed E-state index contributed by atoms with van der Waals surface area (Å²) >= 11 is 6.20. The maximum atomic E-state index is 12.3. The number of hydrogen-bond donors (Lipinski definition) is 2. The van der Waals surface area contributed by atoms with Crippen molar-refractivity contribution in [3.8, 4) is 0 Å². The predicted octanol–water partition coefficient (Wildman–Crippen LogP) is 0.655. The average molecular weight is 337 g/mol. The highest BCUT2D eigenvalue weighted by Crippen LogP contribution is 2.33. The number of halogens is 1. The zero-order valence-corrected chi connectivity index (χ0v) is 13.5. The first kappa shape index (κ1) is 16.7. The molecule has 1 aliphatic rings. The zero-order valence-electron chi connectivity index (χ0n) is 12.0. The van der Waals surface area contributed by atoms with Crippen LogP contribution in [0, 0.1) is 0 Å². The number of nitrogens with zero attached hydrogens (tertiary/aromatic N) is 2. The Kier molecular flexibility index (Phi) is 5.61. The molecule has 0 amide bonds. The first-order chi connectivity index (χ1) is 10.0. The molecule has 2 atom stereocenters. The smallest absolute Gasteiger partial charge is 0.155 e. The second kappa shape index (κ2) is 7.06. The fourth-order valence-electron chi connectivity index (χ4n) is 2.75. The molecule has 3 N–H and O–H groups in total. The number of hydrogen-bond acceptors (Lipinski definition) is 6. The van der Waals surface area contributed by atoms with Gasteiger partial charge in [-0.05, 0) is 12.8 Å². The fraction of sp³-hybridized carbons (Fsp3) is 0.750. The third-order valence-electron chi connectivity index (χ3n) is 3.82. The largest absolute Gasteiger partial charge is 0.383 e. The van der Waals surface area contributed by atoms with Crippen molar-refractivity contribution in [1.29, 1.82) is 0 Å². The molecule has 0 aliphatic carbocycles. The SMILES string of the molecule is COCCn1ncc(Cl)c1C(NN)C1CCCCS1(=O)=O. The lowest BCUT2D eigenvalue weighted by Gasteiger charge is -2.30. The Balaban J connectivity index is 2.34. The summed E-state index contributed by atoms with van der Waals surface area (Å²) in [7, 11) is -1.60. The molecule has 120 valence electrons. The fourth-order valence-corrected chi connectivity index (χ4v) is 5.07. The molecule has 1 fully saturated rings. The van der Waals surface area contributed by atoms with Crippen LogP contribution in [0.25, 0.3) is 0 Å². The van der Waals surface area contributed by atoms with Gasteiger partial charge >= 0.3 is 0 Å². The molecule has 0 saturated carbocycles. The number of nitrogens with one attached hydrogen (secondary N) is 1. The molecule has 21 heavy (non-hydrogen) atoms. The normalized spacial score (nSPS) is 23.1. The molecule has 2 heterocycles. The Bertz CT molecular complexity index is 575. The molecule has 1 saturated heterocycles. The summed E-state index contributed by atoms with van der Waals surface area (Å²) in [6.45, 7) is 0.948. The van der Waals surface area contributed by atoms with E-state index in [9.17, 15) is 8.42 Å². The zero-order chi connectivity index (χ0) is 15.5. The summed E-state index contributed by atoms with van der Waals surface area (Å²) in [5.74, 6) is 5.83. The van der Waals surface area contributed by atoms with Gasteiger partial charge in [-0.15, -0.1) is 0 Å². The lowest BCUT2D eigenvalue weighted by atomic mass is 10.0. The highest BCUT2D eigenvalue weighted by atomic mass is 35.5. The van der Waals surface area contributed by atoms with Crippen LogP contribution in [0.15, 0.2) is 6.20 Å². The van der Waals surface area contributed by atoms with Crippen molar-refractivity contribution in [2.75, 3.05) is 19.5 Å². The summed E-state index contributed by atoms with van der Waals surface area (Å²) in [5, 5.41) is 4.01. The van der Waals surface area contributed by atoms with Gasteiger partial charge in [0.1, 0.15) is 0 Å². The van der Waals surface area contributed by atoms with Gasteiger partial charge in [-0.1, -0.05) is 18.0 Å². The van der Waals surface area contributed by atoms with Crippen LogP contribution in [0.4, 0.5) is 0 Å². The van der Waals surface area contributed by atoms with Gasteiger partial charge in [-0.3, -0.25) is 16.0 Å². The lowest BCUT2D eigenvalue weighted by molar-refractivity contribution is 0.181. The summed E-state index contributed by atoms with van der Waals surface area (Å²) in [4.78, 5) is 0. The second-order valence-electron chi connectivity index (χ2n) is 5.14. The van der Waals surface area contributed by atoms with Crippen molar-refractivity contribution in [2.45, 2.75) is 37.1 Å². The molecular weight excluding hydrogens is 316 g/mol. The van der Waals surface area contributed by atoms with Gasteiger partial charge in [-0.25, -0.2) is 8.42 Å². The van der Waals surface area contributed by atoms with E-state index in [1.165, 1.54) is 6.20 Å². The molecular formula is C12H21ClN4O3S. The molecule has 1 aromatic rings. The molecule has 0 spiro atoms. The molecule has 1 aliphatic heterocycles. The van der Waals surface area contributed by atoms with E-state index in [1.807, 2.05) is 0 Å². The van der Waals surface area contributed by atoms with Crippen LogP contribution < -0.4 is 11.3 Å². The lowest BCUT2D eigenvalue weighted by Crippen LogP contribution is -2.44. The predicted molar refractivity (Wildman–Crippen MR) is 80.6 cm³/mol. The summed E-state index contributed by atoms with van der Waals surface area (Å²) in [6.07, 6.45) is 3.65. The minimum absolute atomic E-state index is 0.194. The quantitative estimate of drug-likeness (QED) is 0.584. The number of aromatic nitrogens is 2. The molecule has 2 unspecified atom stereocenters. The van der Waals surface area contributed by atoms with Gasteiger partial charge in [0.15, 0.2) is 9.84 Å². The Morgan fingerprint density at radius 3 is 3.00 bits per heavy atom. The number of nitrogens with two attached hydrogens (primary N) is 1. The number of rotatable bonds is 6. The molecule has 0 radical (unpaired) electrons. The van der Waals surface area contributed by atoms with Crippen molar-refractivity contribution >= 4 is 21.4 Å². The second-order valence-corrected chi connectivity index (χ2v) is 7.89. The first-order valence-electron chi connectivity index (χ1n) is 6.89. The standard InChI is InChI=1S/C12H21ClN4O3S/c1-20-6-5-17-12(9(13)8-15-17)11(16-14)10-4-2-3-7-21(10,18)19/h8,10-11,16H,2-7,14H2,1H3. The van der Waals surface area contributed by atoms with Crippen LogP contribution >= 0.6 is 11.6 Å². The Labute approximate surface area is 129 Å². The van der Waals surface area contributed by atoms with Crippen molar-refractivity contribution in [3.63, 3.8) is 0 Å². The van der Waals surface area contributed by atoms with Crippen molar-refractivity contribution < 1.29 is 13.2 Å². The van der Waals surface area contributed by atoms with Crippen molar-refractivity contribution in [2.24, 2.45) is 5.84 Å². The Morgan fingerprint density at radius 2 is 2.38 bits per heavy atom. The van der Waals surface area contributed by atoms with Gasteiger partial charge in [0.05, 0.1) is 47.1 Å². The van der Waals surface area contributed by atoms with E-state index in [4.69, 9.17) is 22.2 Å². The number of ether oxygens (including phenoxy) is 1. The summed E-state index contributed by atoms with van der Waals surface area (Å²) in [5.41, 5.74) is 3.23. The van der Waals surface area contributed by atoms with E-state index < -0.39 is 21.1 Å². The summed E-state index contributed by atoms with van der Waals surface area (Å²) < 4.78 is 31.3. The highest BCUT2D eigenvalue weighted by molar-refractivity contribution is 7.92. The monoisotopic (exact) mass is 336 g/mol. The van der Waals surface area contributed by atoms with Crippen LogP contribution in [0.3, 0.4) is 0 Å². The molecule has 0 aromatic carbocycles. The Hall–Kier alpha value is -0.670. The van der Waals surface area contributed by atoms with Crippen molar-refractivity contribution in [1.82, 2.24) is 15.2 Å². The van der Waals surface area contributed by atoms with Gasteiger partial charge < -0.3 is 4.74 Å². The Morgan fingerprint density at radius 1 is 1.62 bits per heavy atom. The molecule has 0 bridgehead atoms. The third kappa shape index (κ3) is 3.57.